The minimum Gasteiger partial charge on any atom is -0.483 e. The average molecular weight is 916 g/mol. The smallest absolute Gasteiger partial charge is 0.290 e. The number of rotatable bonds is 6. The number of likely N-dealkylation sites (N-methyl/N-ethyl adjacent to an activating group) is 1. The molecule has 4 unspecified atom stereocenters. The predicted molar refractivity (Wildman–Crippen MR) is 238 cm³/mol. The summed E-state index contributed by atoms with van der Waals surface area (Å²) in [5, 5.41) is 11.5. The third kappa shape index (κ3) is 12.0. The molecule has 15 heteroatoms. The lowest BCUT2D eigenvalue weighted by molar-refractivity contribution is -0.138. The van der Waals surface area contributed by atoms with Gasteiger partial charge >= 0.3 is 0 Å². The predicted octanol–water partition coefficient (Wildman–Crippen LogP) is 5.72. The fraction of sp³-hybridized carbons (Fsp3) is 0.468. The Labute approximate surface area is 372 Å². The minimum atomic E-state index is -0.545. The van der Waals surface area contributed by atoms with Crippen molar-refractivity contribution in [3.05, 3.63) is 105 Å². The summed E-state index contributed by atoms with van der Waals surface area (Å²) in [5.74, 6) is -0.0885. The van der Waals surface area contributed by atoms with Crippen LogP contribution in [-0.2, 0) is 43.6 Å². The van der Waals surface area contributed by atoms with E-state index in [0.29, 0.717) is 43.0 Å². The molecule has 3 aromatic rings. The maximum Gasteiger partial charge on any atom is 0.290 e. The summed E-state index contributed by atoms with van der Waals surface area (Å²) < 4.78 is 0.907. The molecule has 14 nitrogen and oxygen atoms in total. The van der Waals surface area contributed by atoms with E-state index in [0.717, 1.165) is 54.1 Å². The summed E-state index contributed by atoms with van der Waals surface area (Å²) in [4.78, 5) is 87.9. The van der Waals surface area contributed by atoms with Gasteiger partial charge in [-0.3, -0.25) is 49.1 Å². The van der Waals surface area contributed by atoms with E-state index in [1.54, 1.807) is 15.9 Å². The number of carboxylic acid groups (broad SMARTS) is 1. The molecule has 6 aliphatic heterocycles. The zero-order valence-corrected chi connectivity index (χ0v) is 37.7. The molecule has 4 atom stereocenters. The minimum absolute atomic E-state index is 0.0994. The third-order valence-corrected chi connectivity index (χ3v) is 12.5. The second-order valence-electron chi connectivity index (χ2n) is 16.1. The van der Waals surface area contributed by atoms with Crippen molar-refractivity contribution >= 4 is 57.8 Å². The molecule has 0 spiro atoms. The lowest BCUT2D eigenvalue weighted by atomic mass is 9.95. The fourth-order valence-electron chi connectivity index (χ4n) is 8.79. The van der Waals surface area contributed by atoms with Gasteiger partial charge in [0.25, 0.3) is 18.3 Å². The Balaban J connectivity index is 0.000000174. The van der Waals surface area contributed by atoms with Crippen LogP contribution >= 0.6 is 15.9 Å². The highest BCUT2D eigenvalue weighted by molar-refractivity contribution is 9.10. The standard InChI is InChI=1S/C19H23N3O3.C13H11BrN2O3.C12H17N.C2H6.CH2O2/c1-2-21-8-7-13(10-21)12-3-4-15-14(9-12)11-22(19(15)25)16-5-6-17(23)20-18(16)24;14-8-1-2-9-7(5-8)6-16(13(9)19)10-3-4-11(17)15-12(10)18;1-11-7-8-13(9-11)10-12-5-3-2-4-6-12;1-2;2-1-3/h3-4,9,13,16H,2,5-8,10-11H2,1H3,(H,20,23,24);1-2,5,10H,3-4,6H2,(H,15,17,18);2-6,11H,7-10H2,1H3;1-2H3;1H,(H,2,3). The monoisotopic (exact) mass is 914 g/mol. The Bertz CT molecular complexity index is 2100. The number of imide groups is 2. The summed E-state index contributed by atoms with van der Waals surface area (Å²) in [5.41, 5.74) is 5.96. The van der Waals surface area contributed by atoms with Gasteiger partial charge in [-0.1, -0.05) is 86.1 Å². The normalized spacial score (nSPS) is 23.0. The molecule has 6 heterocycles. The molecule has 9 rings (SSSR count). The highest BCUT2D eigenvalue weighted by atomic mass is 79.9. The summed E-state index contributed by atoms with van der Waals surface area (Å²) in [6, 6.07) is 21.2. The van der Waals surface area contributed by atoms with Crippen LogP contribution in [0.2, 0.25) is 0 Å². The van der Waals surface area contributed by atoms with Crippen molar-refractivity contribution in [2.45, 2.75) is 104 Å². The number of hydrogen-bond donors (Lipinski definition) is 3. The number of carbonyl (C=O) groups excluding carboxylic acids is 6. The first-order chi connectivity index (χ1) is 29.9. The van der Waals surface area contributed by atoms with Crippen LogP contribution in [0.3, 0.4) is 0 Å². The summed E-state index contributed by atoms with van der Waals surface area (Å²) >= 11 is 3.37. The fourth-order valence-corrected chi connectivity index (χ4v) is 9.20. The Morgan fingerprint density at radius 3 is 1.74 bits per heavy atom. The third-order valence-electron chi connectivity index (χ3n) is 12.0. The number of fused-ring (bicyclic) bond motifs is 2. The van der Waals surface area contributed by atoms with Crippen molar-refractivity contribution in [1.29, 1.82) is 0 Å². The summed E-state index contributed by atoms with van der Waals surface area (Å²) in [7, 11) is 0. The van der Waals surface area contributed by atoms with E-state index < -0.39 is 12.1 Å². The van der Waals surface area contributed by atoms with E-state index >= 15 is 0 Å². The lowest BCUT2D eigenvalue weighted by Gasteiger charge is -2.29. The molecular formula is C47H59BrN6O8. The number of nitrogens with zero attached hydrogens (tertiary/aromatic N) is 4. The van der Waals surface area contributed by atoms with Crippen LogP contribution in [0.25, 0.3) is 0 Å². The number of amides is 6. The molecule has 6 aliphatic rings. The van der Waals surface area contributed by atoms with Crippen molar-refractivity contribution in [3.63, 3.8) is 0 Å². The van der Waals surface area contributed by atoms with Gasteiger partial charge in [-0.25, -0.2) is 0 Å². The van der Waals surface area contributed by atoms with Gasteiger partial charge in [-0.05, 0) is 104 Å². The Kier molecular flexibility index (Phi) is 17.5. The number of carbonyl (C=O) groups is 7. The van der Waals surface area contributed by atoms with Gasteiger partial charge < -0.3 is 19.8 Å². The molecule has 4 fully saturated rings. The molecular weight excluding hydrogens is 856 g/mol. The average Bonchev–Trinajstić information content (AvgIpc) is 4.06. The van der Waals surface area contributed by atoms with Crippen LogP contribution < -0.4 is 10.6 Å². The second kappa shape index (κ2) is 22.7. The molecule has 0 aromatic heterocycles. The largest absolute Gasteiger partial charge is 0.483 e. The molecule has 0 aliphatic carbocycles. The van der Waals surface area contributed by atoms with Gasteiger partial charge in [0.15, 0.2) is 0 Å². The van der Waals surface area contributed by atoms with Crippen LogP contribution in [0.4, 0.5) is 0 Å². The van der Waals surface area contributed by atoms with Crippen LogP contribution in [-0.4, -0.2) is 111 Å². The quantitative estimate of drug-likeness (QED) is 0.205. The highest BCUT2D eigenvalue weighted by Crippen LogP contribution is 2.33. The van der Waals surface area contributed by atoms with Gasteiger partial charge in [-0.15, -0.1) is 0 Å². The number of piperidine rings is 2. The zero-order chi connectivity index (χ0) is 44.9. The summed E-state index contributed by atoms with van der Waals surface area (Å²) in [6.45, 7) is 16.1. The molecule has 62 heavy (non-hydrogen) atoms. The molecule has 3 N–H and O–H groups in total. The van der Waals surface area contributed by atoms with Gasteiger partial charge in [-0.2, -0.15) is 0 Å². The van der Waals surface area contributed by atoms with Crippen molar-refractivity contribution in [3.8, 4) is 0 Å². The number of benzene rings is 3. The number of halogens is 1. The topological polar surface area (TPSA) is 177 Å². The van der Waals surface area contributed by atoms with E-state index in [1.807, 2.05) is 32.0 Å². The summed E-state index contributed by atoms with van der Waals surface area (Å²) in [6.07, 6.45) is 3.89. The number of likely N-dealkylation sites (tertiary alicyclic amines) is 2. The van der Waals surface area contributed by atoms with E-state index in [1.165, 1.54) is 30.6 Å². The maximum atomic E-state index is 12.7. The van der Waals surface area contributed by atoms with Gasteiger partial charge in [0.2, 0.25) is 23.6 Å². The lowest BCUT2D eigenvalue weighted by Crippen LogP contribution is -2.52. The van der Waals surface area contributed by atoms with Crippen LogP contribution in [0.15, 0.2) is 71.2 Å². The van der Waals surface area contributed by atoms with Crippen LogP contribution in [0.1, 0.15) is 115 Å². The molecule has 6 amide bonds. The van der Waals surface area contributed by atoms with Crippen LogP contribution in [0, 0.1) is 5.92 Å². The SMILES string of the molecule is CC.CC1CCN(Cc2ccccc2)C1.CCN1CCC(c2ccc3c(c2)CN(C2CCC(=O)NC2=O)C3=O)C1.O=C1CCC(N2Cc3cc(Br)ccc3C2=O)C(=O)N1.O=CO. The Morgan fingerprint density at radius 2 is 1.24 bits per heavy atom. The van der Waals surface area contributed by atoms with Crippen LogP contribution in [0.5, 0.6) is 0 Å². The zero-order valence-electron chi connectivity index (χ0n) is 36.1. The molecule has 3 aromatic carbocycles. The first-order valence-corrected chi connectivity index (χ1v) is 22.4. The highest BCUT2D eigenvalue weighted by Gasteiger charge is 2.40. The van der Waals surface area contributed by atoms with E-state index in [-0.39, 0.29) is 54.8 Å². The van der Waals surface area contributed by atoms with Crippen molar-refractivity contribution < 1.29 is 38.7 Å². The molecule has 332 valence electrons. The van der Waals surface area contributed by atoms with E-state index in [4.69, 9.17) is 9.90 Å². The molecule has 4 saturated heterocycles. The van der Waals surface area contributed by atoms with Gasteiger partial charge in [0.05, 0.1) is 0 Å². The first-order valence-electron chi connectivity index (χ1n) is 21.7. The maximum absolute atomic E-state index is 12.7. The number of nitrogens with one attached hydrogen (secondary N) is 2. The van der Waals surface area contributed by atoms with E-state index in [2.05, 4.69) is 92.7 Å². The van der Waals surface area contributed by atoms with E-state index in [9.17, 15) is 28.8 Å². The second-order valence-corrected chi connectivity index (χ2v) is 17.0. The Hall–Kier alpha value is -5.25. The molecule has 0 saturated carbocycles. The molecule has 0 bridgehead atoms. The van der Waals surface area contributed by atoms with Crippen molar-refractivity contribution in [2.24, 2.45) is 5.92 Å². The van der Waals surface area contributed by atoms with Gasteiger partial charge in [0.1, 0.15) is 12.1 Å². The number of hydrogen-bond acceptors (Lipinski definition) is 9. The first kappa shape index (κ1) is 47.8. The molecule has 0 radical (unpaired) electrons. The van der Waals surface area contributed by atoms with Crippen molar-refractivity contribution in [2.75, 3.05) is 32.7 Å². The van der Waals surface area contributed by atoms with Gasteiger partial charge in [0, 0.05) is 61.2 Å². The van der Waals surface area contributed by atoms with Crippen molar-refractivity contribution in [1.82, 2.24) is 30.2 Å². The Morgan fingerprint density at radius 1 is 0.710 bits per heavy atom.